The summed E-state index contributed by atoms with van der Waals surface area (Å²) in [6.07, 6.45) is 39.1. The summed E-state index contributed by atoms with van der Waals surface area (Å²) in [5.74, 6) is 1.10. The second-order valence-corrected chi connectivity index (χ2v) is 21.0. The highest BCUT2D eigenvalue weighted by molar-refractivity contribution is 5.25. The minimum Gasteiger partial charge on any atom is -0.365 e. The van der Waals surface area contributed by atoms with Crippen LogP contribution in [0.4, 0.5) is 17.6 Å². The van der Waals surface area contributed by atoms with E-state index in [4.69, 9.17) is 4.74 Å². The van der Waals surface area contributed by atoms with E-state index in [0.29, 0.717) is 11.8 Å². The third kappa shape index (κ3) is 14.6. The van der Waals surface area contributed by atoms with E-state index in [1.54, 1.807) is 24.3 Å². The number of unbranched alkanes of at least 4 members (excludes halogenated alkanes) is 12. The number of ether oxygens (including phenoxy) is 1. The minimum atomic E-state index is -0.876. The molecular formula is C56H86F4O. The van der Waals surface area contributed by atoms with Gasteiger partial charge in [-0.15, -0.1) is 0 Å². The molecule has 0 N–H and O–H groups in total. The molecule has 1 nitrogen and oxygen atoms in total. The monoisotopic (exact) mass is 851 g/mol. The zero-order valence-corrected chi connectivity index (χ0v) is 38.8. The van der Waals surface area contributed by atoms with Crippen LogP contribution in [-0.2, 0) is 4.74 Å². The van der Waals surface area contributed by atoms with Gasteiger partial charge in [0, 0.05) is 11.1 Å². The van der Waals surface area contributed by atoms with Gasteiger partial charge in [0.05, 0.1) is 12.2 Å². The van der Waals surface area contributed by atoms with Gasteiger partial charge in [0.15, 0.2) is 23.3 Å². The largest absolute Gasteiger partial charge is 0.365 e. The van der Waals surface area contributed by atoms with E-state index in [1.165, 1.54) is 166 Å². The molecule has 2 atom stereocenters. The molecule has 0 saturated heterocycles. The summed E-state index contributed by atoms with van der Waals surface area (Å²) in [4.78, 5) is 0. The molecule has 344 valence electrons. The van der Waals surface area contributed by atoms with Crippen LogP contribution in [0.5, 0.6) is 0 Å². The van der Waals surface area contributed by atoms with E-state index in [9.17, 15) is 8.78 Å². The van der Waals surface area contributed by atoms with E-state index in [0.717, 1.165) is 75.0 Å². The number of rotatable bonds is 24. The molecule has 0 amide bonds. The van der Waals surface area contributed by atoms with Crippen LogP contribution in [0.15, 0.2) is 36.4 Å². The molecule has 4 aliphatic carbocycles. The maximum atomic E-state index is 15.9. The maximum Gasteiger partial charge on any atom is 0.164 e. The fourth-order valence-electron chi connectivity index (χ4n) is 13.0. The summed E-state index contributed by atoms with van der Waals surface area (Å²) >= 11 is 0. The Morgan fingerprint density at radius 2 is 0.721 bits per heavy atom. The summed E-state index contributed by atoms with van der Waals surface area (Å²) in [7, 11) is 0. The van der Waals surface area contributed by atoms with Crippen LogP contribution in [0.25, 0.3) is 0 Å². The van der Waals surface area contributed by atoms with E-state index in [1.807, 2.05) is 0 Å². The van der Waals surface area contributed by atoms with Crippen molar-refractivity contribution < 1.29 is 22.3 Å². The first kappa shape index (κ1) is 48.6. The Kier molecular flexibility index (Phi) is 20.8. The van der Waals surface area contributed by atoms with Crippen molar-refractivity contribution in [1.29, 1.82) is 0 Å². The molecule has 2 unspecified atom stereocenters. The third-order valence-electron chi connectivity index (χ3n) is 16.9. The van der Waals surface area contributed by atoms with Crippen LogP contribution in [0.1, 0.15) is 243 Å². The quantitative estimate of drug-likeness (QED) is 0.0755. The summed E-state index contributed by atoms with van der Waals surface area (Å²) < 4.78 is 68.8. The Morgan fingerprint density at radius 3 is 1.07 bits per heavy atom. The molecule has 0 radical (unpaired) electrons. The zero-order valence-electron chi connectivity index (χ0n) is 38.8. The van der Waals surface area contributed by atoms with Crippen molar-refractivity contribution in [3.63, 3.8) is 0 Å². The lowest BCUT2D eigenvalue weighted by atomic mass is 9.67. The Bertz CT molecular complexity index is 1380. The van der Waals surface area contributed by atoms with E-state index in [-0.39, 0.29) is 23.0 Å². The number of halogens is 4. The van der Waals surface area contributed by atoms with Crippen LogP contribution in [0.2, 0.25) is 0 Å². The predicted octanol–water partition coefficient (Wildman–Crippen LogP) is 18.5. The van der Waals surface area contributed by atoms with Gasteiger partial charge in [0.1, 0.15) is 0 Å². The van der Waals surface area contributed by atoms with Gasteiger partial charge in [-0.05, 0) is 137 Å². The Hall–Kier alpha value is -1.88. The van der Waals surface area contributed by atoms with Crippen LogP contribution >= 0.6 is 0 Å². The third-order valence-corrected chi connectivity index (χ3v) is 16.9. The lowest BCUT2D eigenvalue weighted by Gasteiger charge is -2.43. The molecule has 0 aliphatic heterocycles. The van der Waals surface area contributed by atoms with Gasteiger partial charge >= 0.3 is 0 Å². The fourth-order valence-corrected chi connectivity index (χ4v) is 13.0. The van der Waals surface area contributed by atoms with Crippen LogP contribution in [0.3, 0.4) is 0 Å². The summed E-state index contributed by atoms with van der Waals surface area (Å²) in [6, 6.07) is 8.83. The first-order valence-corrected chi connectivity index (χ1v) is 26.4. The molecule has 4 fully saturated rings. The number of hydrogen-bond donors (Lipinski definition) is 0. The van der Waals surface area contributed by atoms with Crippen molar-refractivity contribution in [3.05, 3.63) is 70.8 Å². The predicted molar refractivity (Wildman–Crippen MR) is 246 cm³/mol. The molecule has 61 heavy (non-hydrogen) atoms. The average Bonchev–Trinajstić information content (AvgIpc) is 3.29. The number of hydrogen-bond acceptors (Lipinski definition) is 1. The summed E-state index contributed by atoms with van der Waals surface area (Å²) in [5, 5.41) is 0. The highest BCUT2D eigenvalue weighted by Crippen LogP contribution is 2.51. The van der Waals surface area contributed by atoms with Gasteiger partial charge in [0.2, 0.25) is 0 Å². The van der Waals surface area contributed by atoms with Gasteiger partial charge in [-0.2, -0.15) is 0 Å². The molecule has 0 spiro atoms. The summed E-state index contributed by atoms with van der Waals surface area (Å²) in [5.41, 5.74) is 0.469. The van der Waals surface area contributed by atoms with Crippen molar-refractivity contribution in [2.24, 2.45) is 47.3 Å². The molecule has 0 heterocycles. The first-order valence-electron chi connectivity index (χ1n) is 26.4. The lowest BCUT2D eigenvalue weighted by molar-refractivity contribution is -0.0962. The molecule has 4 aliphatic rings. The fraction of sp³-hybridized carbons (Fsp3) is 0.786. The van der Waals surface area contributed by atoms with E-state index >= 15 is 8.78 Å². The van der Waals surface area contributed by atoms with Crippen LogP contribution in [-0.4, -0.2) is 0 Å². The molecule has 0 bridgehead atoms. The highest BCUT2D eigenvalue weighted by Gasteiger charge is 2.41. The average molecular weight is 851 g/mol. The topological polar surface area (TPSA) is 9.23 Å². The van der Waals surface area contributed by atoms with Gasteiger partial charge in [0.25, 0.3) is 0 Å². The van der Waals surface area contributed by atoms with Crippen LogP contribution in [0, 0.1) is 70.6 Å². The molecule has 4 saturated carbocycles. The standard InChI is InChI=1S/C56H86F4O/c1-3-5-7-9-11-13-15-19-41-25-29-43(30-26-41)45-33-37-47(38-34-45)55(49-21-17-23-51(57)53(49)59)61-56(50-22-18-24-52(58)54(50)60)48-39-35-46(36-40-48)44-31-27-42(28-32-44)20-16-14-12-10-8-6-4-2/h17-18,21-24,41-48,55-56H,3-16,19-20,25-40H2,1-2H3. The van der Waals surface area contributed by atoms with Crippen LogP contribution < -0.4 is 0 Å². The van der Waals surface area contributed by atoms with Gasteiger partial charge in [-0.1, -0.05) is 167 Å². The Balaban J connectivity index is 1.05. The maximum absolute atomic E-state index is 15.9. The molecule has 5 heteroatoms. The molecule has 0 aromatic heterocycles. The second kappa shape index (κ2) is 26.2. The number of benzene rings is 2. The van der Waals surface area contributed by atoms with E-state index < -0.39 is 35.5 Å². The zero-order chi connectivity index (χ0) is 42.8. The molecule has 2 aromatic rings. The summed E-state index contributed by atoms with van der Waals surface area (Å²) in [6.45, 7) is 4.56. The van der Waals surface area contributed by atoms with Crippen molar-refractivity contribution in [2.75, 3.05) is 0 Å². The lowest BCUT2D eigenvalue weighted by Crippen LogP contribution is -2.32. The van der Waals surface area contributed by atoms with Crippen molar-refractivity contribution in [1.82, 2.24) is 0 Å². The first-order chi connectivity index (χ1) is 29.9. The van der Waals surface area contributed by atoms with Gasteiger partial charge < -0.3 is 4.74 Å². The molecule has 6 rings (SSSR count). The SMILES string of the molecule is CCCCCCCCCC1CCC(C2CCC(C(OC(c3cccc(F)c3F)C3CCC(C4CCC(CCCCCCCCC)CC4)CC3)c3cccc(F)c3F)CC2)CC1. The Labute approximate surface area is 370 Å². The van der Waals surface area contributed by atoms with Crippen molar-refractivity contribution >= 4 is 0 Å². The smallest absolute Gasteiger partial charge is 0.164 e. The minimum absolute atomic E-state index is 0.00656. The van der Waals surface area contributed by atoms with Gasteiger partial charge in [-0.3, -0.25) is 0 Å². The van der Waals surface area contributed by atoms with Crippen molar-refractivity contribution in [3.8, 4) is 0 Å². The molecule has 2 aromatic carbocycles. The molecular weight excluding hydrogens is 765 g/mol. The highest BCUT2D eigenvalue weighted by atomic mass is 19.2. The van der Waals surface area contributed by atoms with E-state index in [2.05, 4.69) is 13.8 Å². The Morgan fingerprint density at radius 1 is 0.410 bits per heavy atom. The normalized spacial score (nSPS) is 28.4. The van der Waals surface area contributed by atoms with Crippen molar-refractivity contribution in [2.45, 2.75) is 232 Å². The van der Waals surface area contributed by atoms with Gasteiger partial charge in [-0.25, -0.2) is 17.6 Å². The second-order valence-electron chi connectivity index (χ2n) is 21.0.